The molecule has 0 aliphatic rings. The van der Waals surface area contributed by atoms with Gasteiger partial charge in [0, 0.05) is 18.3 Å². The van der Waals surface area contributed by atoms with Gasteiger partial charge in [-0.3, -0.25) is 9.59 Å². The summed E-state index contributed by atoms with van der Waals surface area (Å²) in [6.45, 7) is 7.45. The lowest BCUT2D eigenvalue weighted by molar-refractivity contribution is -0.120. The fraction of sp³-hybridized carbons (Fsp3) is 0.300. The lowest BCUT2D eigenvalue weighted by Crippen LogP contribution is -2.37. The van der Waals surface area contributed by atoms with Gasteiger partial charge < -0.3 is 10.2 Å². The van der Waals surface area contributed by atoms with E-state index in [1.54, 1.807) is 0 Å². The Bertz CT molecular complexity index is 753. The van der Waals surface area contributed by atoms with Crippen molar-refractivity contribution in [1.29, 1.82) is 0 Å². The number of nitrogens with zero attached hydrogens (tertiary/aromatic N) is 1. The summed E-state index contributed by atoms with van der Waals surface area (Å²) in [7, 11) is 0. The molecule has 2 aromatic rings. The van der Waals surface area contributed by atoms with Crippen LogP contribution < -0.4 is 10.2 Å². The Morgan fingerprint density at radius 2 is 1.79 bits per heavy atom. The fourth-order valence-electron chi connectivity index (χ4n) is 2.64. The number of amides is 2. The smallest absolute Gasteiger partial charge is 0.244 e. The molecule has 0 aliphatic carbocycles. The summed E-state index contributed by atoms with van der Waals surface area (Å²) in [5.41, 5.74) is 4.70. The molecule has 0 unspecified atom stereocenters. The lowest BCUT2D eigenvalue weighted by atomic mass is 10.1. The van der Waals surface area contributed by atoms with Crippen molar-refractivity contribution in [1.82, 2.24) is 0 Å². The number of nitrogens with one attached hydrogen (secondary N) is 1. The average molecular weight is 324 g/mol. The lowest BCUT2D eigenvalue weighted by Gasteiger charge is -2.23. The van der Waals surface area contributed by atoms with Gasteiger partial charge in [-0.25, -0.2) is 0 Å². The predicted molar refractivity (Wildman–Crippen MR) is 98.4 cm³/mol. The summed E-state index contributed by atoms with van der Waals surface area (Å²) in [5.74, 6) is -0.350. The number of carbonyl (C=O) groups excluding carboxylic acids is 2. The fourth-order valence-corrected chi connectivity index (χ4v) is 2.64. The summed E-state index contributed by atoms with van der Waals surface area (Å²) in [4.78, 5) is 26.1. The van der Waals surface area contributed by atoms with E-state index in [4.69, 9.17) is 0 Å². The number of carbonyl (C=O) groups is 2. The molecule has 2 aromatic carbocycles. The Hall–Kier alpha value is -2.62. The van der Waals surface area contributed by atoms with Crippen LogP contribution in [0.3, 0.4) is 0 Å². The Labute approximate surface area is 143 Å². The Kier molecular flexibility index (Phi) is 5.74. The third-order valence-electron chi connectivity index (χ3n) is 4.01. The van der Waals surface area contributed by atoms with Gasteiger partial charge in [0.2, 0.25) is 11.8 Å². The van der Waals surface area contributed by atoms with E-state index in [1.165, 1.54) is 11.8 Å². The Morgan fingerprint density at radius 3 is 2.46 bits per heavy atom. The van der Waals surface area contributed by atoms with Crippen LogP contribution in [-0.4, -0.2) is 18.4 Å². The molecule has 0 heterocycles. The van der Waals surface area contributed by atoms with E-state index in [0.717, 1.165) is 34.5 Å². The van der Waals surface area contributed by atoms with Crippen LogP contribution in [0, 0.1) is 13.8 Å². The zero-order valence-corrected chi connectivity index (χ0v) is 14.7. The maximum absolute atomic E-state index is 12.5. The van der Waals surface area contributed by atoms with Crippen LogP contribution in [0.5, 0.6) is 0 Å². The molecule has 4 nitrogen and oxygen atoms in total. The van der Waals surface area contributed by atoms with E-state index in [1.807, 2.05) is 63.2 Å². The normalized spacial score (nSPS) is 10.3. The van der Waals surface area contributed by atoms with Crippen molar-refractivity contribution in [3.63, 3.8) is 0 Å². The zero-order valence-electron chi connectivity index (χ0n) is 14.7. The number of rotatable bonds is 5. The maximum atomic E-state index is 12.5. The number of aryl methyl sites for hydroxylation is 3. The van der Waals surface area contributed by atoms with Gasteiger partial charge in [-0.15, -0.1) is 0 Å². The van der Waals surface area contributed by atoms with E-state index < -0.39 is 0 Å². The average Bonchev–Trinajstić information content (AvgIpc) is 2.55. The quantitative estimate of drug-likeness (QED) is 0.908. The van der Waals surface area contributed by atoms with Gasteiger partial charge in [-0.05, 0) is 49.1 Å². The minimum absolute atomic E-state index is 0.000269. The van der Waals surface area contributed by atoms with Gasteiger partial charge in [0.1, 0.15) is 6.54 Å². The van der Waals surface area contributed by atoms with Gasteiger partial charge in [-0.1, -0.05) is 37.3 Å². The van der Waals surface area contributed by atoms with Crippen molar-refractivity contribution in [2.24, 2.45) is 0 Å². The van der Waals surface area contributed by atoms with Gasteiger partial charge >= 0.3 is 0 Å². The van der Waals surface area contributed by atoms with E-state index in [9.17, 15) is 9.59 Å². The molecule has 0 spiro atoms. The topological polar surface area (TPSA) is 49.4 Å². The molecule has 0 bridgehead atoms. The second-order valence-corrected chi connectivity index (χ2v) is 5.95. The molecule has 0 atom stereocenters. The predicted octanol–water partition coefficient (Wildman–Crippen LogP) is 3.86. The van der Waals surface area contributed by atoms with Crippen molar-refractivity contribution in [2.75, 3.05) is 16.8 Å². The first-order chi connectivity index (χ1) is 11.4. The van der Waals surface area contributed by atoms with Crippen LogP contribution in [0.2, 0.25) is 0 Å². The summed E-state index contributed by atoms with van der Waals surface area (Å²) in [6.07, 6.45) is 0.804. The summed E-state index contributed by atoms with van der Waals surface area (Å²) in [5, 5.41) is 2.91. The highest BCUT2D eigenvalue weighted by Gasteiger charge is 2.18. The maximum Gasteiger partial charge on any atom is 0.244 e. The number of anilines is 2. The van der Waals surface area contributed by atoms with Gasteiger partial charge in [0.25, 0.3) is 0 Å². The minimum atomic E-state index is -0.204. The molecular weight excluding hydrogens is 300 g/mol. The Balaban J connectivity index is 2.20. The third kappa shape index (κ3) is 4.22. The summed E-state index contributed by atoms with van der Waals surface area (Å²) >= 11 is 0. The van der Waals surface area contributed by atoms with Gasteiger partial charge in [0.05, 0.1) is 0 Å². The van der Waals surface area contributed by atoms with E-state index in [2.05, 4.69) is 5.32 Å². The van der Waals surface area contributed by atoms with Gasteiger partial charge in [0.15, 0.2) is 0 Å². The zero-order chi connectivity index (χ0) is 17.7. The molecule has 0 radical (unpaired) electrons. The molecule has 4 heteroatoms. The summed E-state index contributed by atoms with van der Waals surface area (Å²) < 4.78 is 0. The van der Waals surface area contributed by atoms with Crippen molar-refractivity contribution >= 4 is 23.2 Å². The first kappa shape index (κ1) is 17.7. The molecule has 2 amide bonds. The van der Waals surface area contributed by atoms with E-state index in [0.29, 0.717) is 0 Å². The number of benzene rings is 2. The third-order valence-corrected chi connectivity index (χ3v) is 4.01. The molecule has 0 saturated heterocycles. The van der Waals surface area contributed by atoms with Crippen LogP contribution in [0.4, 0.5) is 11.4 Å². The van der Waals surface area contributed by atoms with E-state index in [-0.39, 0.29) is 18.4 Å². The molecule has 0 saturated carbocycles. The molecule has 0 aromatic heterocycles. The number of para-hydroxylation sites is 1. The molecule has 0 fully saturated rings. The van der Waals surface area contributed by atoms with Crippen LogP contribution in [0.1, 0.15) is 30.5 Å². The van der Waals surface area contributed by atoms with E-state index >= 15 is 0 Å². The second-order valence-electron chi connectivity index (χ2n) is 5.95. The van der Waals surface area contributed by atoms with Crippen molar-refractivity contribution in [3.8, 4) is 0 Å². The SMILES string of the molecule is CCc1ccccc1N(CC(=O)Nc1cc(C)ccc1C)C(C)=O. The van der Waals surface area contributed by atoms with Crippen molar-refractivity contribution in [2.45, 2.75) is 34.1 Å². The van der Waals surface area contributed by atoms with Crippen LogP contribution in [0.25, 0.3) is 0 Å². The van der Waals surface area contributed by atoms with Crippen molar-refractivity contribution in [3.05, 3.63) is 59.2 Å². The van der Waals surface area contributed by atoms with Crippen molar-refractivity contribution < 1.29 is 9.59 Å². The van der Waals surface area contributed by atoms with Gasteiger partial charge in [-0.2, -0.15) is 0 Å². The monoisotopic (exact) mass is 324 g/mol. The highest BCUT2D eigenvalue weighted by Crippen LogP contribution is 2.22. The molecule has 2 rings (SSSR count). The highest BCUT2D eigenvalue weighted by atomic mass is 16.2. The molecule has 1 N–H and O–H groups in total. The first-order valence-corrected chi connectivity index (χ1v) is 8.15. The largest absolute Gasteiger partial charge is 0.324 e. The van der Waals surface area contributed by atoms with Crippen LogP contribution in [0.15, 0.2) is 42.5 Å². The number of hydrogen-bond donors (Lipinski definition) is 1. The Morgan fingerprint density at radius 1 is 1.08 bits per heavy atom. The minimum Gasteiger partial charge on any atom is -0.324 e. The van der Waals surface area contributed by atoms with Crippen LogP contribution >= 0.6 is 0 Å². The molecule has 0 aliphatic heterocycles. The molecule has 24 heavy (non-hydrogen) atoms. The standard InChI is InChI=1S/C20H24N2O2/c1-5-17-8-6-7-9-19(17)22(16(4)23)13-20(24)21-18-12-14(2)10-11-15(18)3/h6-12H,5,13H2,1-4H3,(H,21,24). The first-order valence-electron chi connectivity index (χ1n) is 8.15. The number of hydrogen-bond acceptors (Lipinski definition) is 2. The molecular formula is C20H24N2O2. The molecule has 126 valence electrons. The summed E-state index contributed by atoms with van der Waals surface area (Å²) in [6, 6.07) is 13.6. The second kappa shape index (κ2) is 7.77. The van der Waals surface area contributed by atoms with Crippen LogP contribution in [-0.2, 0) is 16.0 Å². The highest BCUT2D eigenvalue weighted by molar-refractivity contribution is 6.02.